The summed E-state index contributed by atoms with van der Waals surface area (Å²) in [5.41, 5.74) is 0.444. The van der Waals surface area contributed by atoms with Crippen LogP contribution in [0.4, 0.5) is 0 Å². The summed E-state index contributed by atoms with van der Waals surface area (Å²) in [4.78, 5) is 34.5. The number of hydrogen-bond donors (Lipinski definition) is 0. The molecular weight excluding hydrogens is 426 g/mol. The third-order valence-electron chi connectivity index (χ3n) is 5.13. The van der Waals surface area contributed by atoms with E-state index in [1.807, 2.05) is 18.2 Å². The van der Waals surface area contributed by atoms with Crippen molar-refractivity contribution in [2.24, 2.45) is 5.92 Å². The molecule has 0 aliphatic carbocycles. The van der Waals surface area contributed by atoms with Crippen LogP contribution in [0, 0.1) is 5.92 Å². The van der Waals surface area contributed by atoms with E-state index in [9.17, 15) is 9.59 Å². The van der Waals surface area contributed by atoms with E-state index in [2.05, 4.69) is 18.8 Å². The number of thiazole rings is 1. The Morgan fingerprint density at radius 2 is 1.83 bits per heavy atom. The lowest BCUT2D eigenvalue weighted by Crippen LogP contribution is -2.55. The summed E-state index contributed by atoms with van der Waals surface area (Å²) in [6.45, 7) is 6.18. The Morgan fingerprint density at radius 1 is 1.17 bits per heavy atom. The fourth-order valence-corrected chi connectivity index (χ4v) is 4.97. The van der Waals surface area contributed by atoms with Gasteiger partial charge >= 0.3 is 0 Å². The average Bonchev–Trinajstić information content (AvgIpc) is 3.11. The van der Waals surface area contributed by atoms with Crippen LogP contribution < -0.4 is 9.47 Å². The van der Waals surface area contributed by atoms with E-state index in [0.29, 0.717) is 53.8 Å². The van der Waals surface area contributed by atoms with Crippen molar-refractivity contribution >= 4 is 34.8 Å². The molecule has 3 heterocycles. The second-order valence-corrected chi connectivity index (χ2v) is 9.48. The predicted octanol–water partition coefficient (Wildman–Crippen LogP) is 3.12. The molecule has 7 nitrogen and oxygen atoms in total. The van der Waals surface area contributed by atoms with Gasteiger partial charge in [-0.25, -0.2) is 4.98 Å². The molecule has 1 saturated heterocycles. The van der Waals surface area contributed by atoms with E-state index >= 15 is 0 Å². The van der Waals surface area contributed by atoms with E-state index in [4.69, 9.17) is 21.1 Å². The average molecular weight is 450 g/mol. The summed E-state index contributed by atoms with van der Waals surface area (Å²) in [6, 6.07) is 7.32. The van der Waals surface area contributed by atoms with Crippen LogP contribution in [0.15, 0.2) is 24.3 Å². The predicted molar refractivity (Wildman–Crippen MR) is 115 cm³/mol. The van der Waals surface area contributed by atoms with Crippen molar-refractivity contribution in [3.05, 3.63) is 39.3 Å². The second-order valence-electron chi connectivity index (χ2n) is 7.82. The minimum Gasteiger partial charge on any atom is -0.485 e. The van der Waals surface area contributed by atoms with Crippen molar-refractivity contribution in [1.82, 2.24) is 14.8 Å². The first kappa shape index (κ1) is 20.9. The Bertz CT molecular complexity index is 940. The summed E-state index contributed by atoms with van der Waals surface area (Å²) < 4.78 is 11.9. The molecule has 9 heteroatoms. The Kier molecular flexibility index (Phi) is 6.15. The molecule has 1 aromatic heterocycles. The molecule has 0 radical (unpaired) electrons. The van der Waals surface area contributed by atoms with Gasteiger partial charge in [-0.2, -0.15) is 0 Å². The van der Waals surface area contributed by atoms with Crippen molar-refractivity contribution < 1.29 is 19.1 Å². The van der Waals surface area contributed by atoms with Gasteiger partial charge in [-0.3, -0.25) is 9.59 Å². The molecular formula is C21H24ClN3O4S. The highest BCUT2D eigenvalue weighted by Crippen LogP contribution is 2.31. The highest BCUT2D eigenvalue weighted by atomic mass is 35.5. The number of nitrogens with zero attached hydrogens (tertiary/aromatic N) is 3. The molecule has 0 N–H and O–H groups in total. The number of hydrogen-bond acceptors (Lipinski definition) is 6. The fourth-order valence-electron chi connectivity index (χ4n) is 3.62. The van der Waals surface area contributed by atoms with Crippen LogP contribution in [0.1, 0.15) is 29.2 Å². The number of fused-ring (bicyclic) bond motifs is 1. The van der Waals surface area contributed by atoms with Crippen LogP contribution >= 0.6 is 22.9 Å². The minimum atomic E-state index is -0.669. The quantitative estimate of drug-likeness (QED) is 0.717. The smallest absolute Gasteiger partial charge is 0.273 e. The topological polar surface area (TPSA) is 72.0 Å². The SMILES string of the molecule is CC(C)Cc1sc(Cl)nc1C(=O)N1CCN(C(=O)[C@H]2COc3ccccc3O2)CC1. The fraction of sp³-hybridized carbons (Fsp3) is 0.476. The first-order valence-electron chi connectivity index (χ1n) is 10.0. The first-order chi connectivity index (χ1) is 14.4. The van der Waals surface area contributed by atoms with E-state index in [0.717, 1.165) is 11.3 Å². The summed E-state index contributed by atoms with van der Waals surface area (Å²) in [7, 11) is 0. The summed E-state index contributed by atoms with van der Waals surface area (Å²) >= 11 is 7.44. The number of rotatable bonds is 4. The lowest BCUT2D eigenvalue weighted by molar-refractivity contribution is -0.142. The molecule has 0 spiro atoms. The van der Waals surface area contributed by atoms with Gasteiger partial charge < -0.3 is 19.3 Å². The molecule has 160 valence electrons. The second kappa shape index (κ2) is 8.81. The number of aromatic nitrogens is 1. The van der Waals surface area contributed by atoms with Crippen LogP contribution in [0.25, 0.3) is 0 Å². The third-order valence-corrected chi connectivity index (χ3v) is 6.31. The van der Waals surface area contributed by atoms with Crippen molar-refractivity contribution in [1.29, 1.82) is 0 Å². The van der Waals surface area contributed by atoms with Gasteiger partial charge in [0.25, 0.3) is 11.8 Å². The third kappa shape index (κ3) is 4.39. The molecule has 2 aromatic rings. The van der Waals surface area contributed by atoms with Crippen LogP contribution in [-0.4, -0.2) is 65.5 Å². The molecule has 0 saturated carbocycles. The highest BCUT2D eigenvalue weighted by Gasteiger charge is 2.34. The Balaban J connectivity index is 1.36. The maximum absolute atomic E-state index is 13.0. The van der Waals surface area contributed by atoms with Gasteiger partial charge in [0.1, 0.15) is 12.3 Å². The normalized spacial score (nSPS) is 18.6. The van der Waals surface area contributed by atoms with Gasteiger partial charge in [-0.15, -0.1) is 11.3 Å². The van der Waals surface area contributed by atoms with E-state index in [1.54, 1.807) is 15.9 Å². The lowest BCUT2D eigenvalue weighted by atomic mass is 10.1. The molecule has 2 amide bonds. The van der Waals surface area contributed by atoms with Crippen molar-refractivity contribution in [2.45, 2.75) is 26.4 Å². The number of para-hydroxylation sites is 2. The minimum absolute atomic E-state index is 0.117. The van der Waals surface area contributed by atoms with Gasteiger partial charge in [0.2, 0.25) is 6.10 Å². The number of amides is 2. The van der Waals surface area contributed by atoms with Gasteiger partial charge in [0.15, 0.2) is 16.0 Å². The van der Waals surface area contributed by atoms with Crippen LogP contribution in [0.3, 0.4) is 0 Å². The van der Waals surface area contributed by atoms with E-state index in [1.165, 1.54) is 11.3 Å². The summed E-state index contributed by atoms with van der Waals surface area (Å²) in [5, 5.41) is 0. The van der Waals surface area contributed by atoms with E-state index in [-0.39, 0.29) is 18.4 Å². The molecule has 2 aliphatic heterocycles. The number of piperazine rings is 1. The zero-order valence-corrected chi connectivity index (χ0v) is 18.5. The zero-order chi connectivity index (χ0) is 21.3. The van der Waals surface area contributed by atoms with Gasteiger partial charge in [-0.05, 0) is 24.5 Å². The first-order valence-corrected chi connectivity index (χ1v) is 11.2. The highest BCUT2D eigenvalue weighted by molar-refractivity contribution is 7.16. The van der Waals surface area contributed by atoms with Crippen molar-refractivity contribution in [2.75, 3.05) is 32.8 Å². The Morgan fingerprint density at radius 3 is 2.53 bits per heavy atom. The maximum Gasteiger partial charge on any atom is 0.273 e. The molecule has 30 heavy (non-hydrogen) atoms. The molecule has 0 unspecified atom stereocenters. The molecule has 1 fully saturated rings. The molecule has 4 rings (SSSR count). The lowest BCUT2D eigenvalue weighted by Gasteiger charge is -2.37. The van der Waals surface area contributed by atoms with Crippen LogP contribution in [-0.2, 0) is 11.2 Å². The monoisotopic (exact) mass is 449 g/mol. The largest absolute Gasteiger partial charge is 0.485 e. The van der Waals surface area contributed by atoms with Crippen LogP contribution in [0.5, 0.6) is 11.5 Å². The van der Waals surface area contributed by atoms with E-state index < -0.39 is 6.10 Å². The van der Waals surface area contributed by atoms with Crippen molar-refractivity contribution in [3.63, 3.8) is 0 Å². The van der Waals surface area contributed by atoms with Crippen LogP contribution in [0.2, 0.25) is 4.47 Å². The maximum atomic E-state index is 13.0. The van der Waals surface area contributed by atoms with Crippen molar-refractivity contribution in [3.8, 4) is 11.5 Å². The summed E-state index contributed by atoms with van der Waals surface area (Å²) in [6.07, 6.45) is 0.0989. The van der Waals surface area contributed by atoms with Gasteiger partial charge in [0, 0.05) is 31.1 Å². The standard InChI is InChI=1S/C21H24ClN3O4S/c1-13(2)11-17-18(23-21(22)30-17)20(27)25-9-7-24(8-10-25)19(26)16-12-28-14-5-3-4-6-15(14)29-16/h3-6,13,16H,7-12H2,1-2H3/t16-/m1/s1. The molecule has 1 atom stereocenters. The number of carbonyl (C=O) groups is 2. The summed E-state index contributed by atoms with van der Waals surface area (Å²) in [5.74, 6) is 1.40. The number of benzene rings is 1. The number of halogens is 1. The molecule has 0 bridgehead atoms. The zero-order valence-electron chi connectivity index (χ0n) is 17.0. The number of carbonyl (C=O) groups excluding carboxylic acids is 2. The Labute approximate surface area is 184 Å². The van der Waals surface area contributed by atoms with Gasteiger partial charge in [0.05, 0.1) is 0 Å². The Hall–Kier alpha value is -2.32. The molecule has 2 aliphatic rings. The number of ether oxygens (including phenoxy) is 2. The molecule has 1 aromatic carbocycles. The van der Waals surface area contributed by atoms with Gasteiger partial charge in [-0.1, -0.05) is 37.6 Å².